The maximum Gasteiger partial charge on any atom is 0.211 e. The van der Waals surface area contributed by atoms with Crippen molar-refractivity contribution in [2.24, 2.45) is 22.4 Å². The molecule has 0 bridgehead atoms. The van der Waals surface area contributed by atoms with Crippen molar-refractivity contribution in [1.82, 2.24) is 0 Å². The van der Waals surface area contributed by atoms with Gasteiger partial charge in [0.2, 0.25) is 10.0 Å². The molecule has 1 saturated carbocycles. The molecule has 4 heteroatoms. The third kappa shape index (κ3) is 3.10. The van der Waals surface area contributed by atoms with E-state index in [1.165, 1.54) is 0 Å². The molecule has 3 atom stereocenters. The van der Waals surface area contributed by atoms with Crippen molar-refractivity contribution in [2.45, 2.75) is 52.2 Å². The van der Waals surface area contributed by atoms with Crippen LogP contribution in [0.3, 0.4) is 0 Å². The van der Waals surface area contributed by atoms with Gasteiger partial charge in [-0.1, -0.05) is 32.9 Å². The van der Waals surface area contributed by atoms with Crippen molar-refractivity contribution in [1.29, 1.82) is 0 Å². The van der Waals surface area contributed by atoms with E-state index in [0.29, 0.717) is 24.7 Å². The van der Waals surface area contributed by atoms with Crippen LogP contribution in [-0.4, -0.2) is 13.7 Å². The predicted octanol–water partition coefficient (Wildman–Crippen LogP) is 2.68. The summed E-state index contributed by atoms with van der Waals surface area (Å²) in [6.07, 6.45) is 2.30. The maximum absolute atomic E-state index is 11.5. The Morgan fingerprint density at radius 2 is 1.88 bits per heavy atom. The number of rotatable bonds is 3. The lowest BCUT2D eigenvalue weighted by Gasteiger charge is -2.43. The second-order valence-electron chi connectivity index (χ2n) is 6.11. The maximum atomic E-state index is 11.5. The van der Waals surface area contributed by atoms with Crippen LogP contribution in [0.5, 0.6) is 0 Å². The van der Waals surface area contributed by atoms with E-state index in [9.17, 15) is 8.42 Å². The number of primary sulfonamides is 1. The van der Waals surface area contributed by atoms with Crippen molar-refractivity contribution in [3.63, 3.8) is 0 Å². The second-order valence-corrected chi connectivity index (χ2v) is 7.95. The molecule has 1 aliphatic rings. The highest BCUT2D eigenvalue weighted by molar-refractivity contribution is 7.89. The molecule has 0 aromatic rings. The number of hydrogen-bond acceptors (Lipinski definition) is 2. The second kappa shape index (κ2) is 4.73. The fraction of sp³-hybridized carbons (Fsp3) is 0.846. The van der Waals surface area contributed by atoms with Crippen LogP contribution in [-0.2, 0) is 10.0 Å². The Morgan fingerprint density at radius 1 is 1.35 bits per heavy atom. The lowest BCUT2D eigenvalue weighted by atomic mass is 9.63. The fourth-order valence-corrected chi connectivity index (χ4v) is 3.84. The first-order valence-electron chi connectivity index (χ1n) is 6.24. The van der Waals surface area contributed by atoms with Crippen LogP contribution in [0, 0.1) is 17.3 Å². The third-order valence-electron chi connectivity index (χ3n) is 4.64. The summed E-state index contributed by atoms with van der Waals surface area (Å²) < 4.78 is 23.0. The Morgan fingerprint density at radius 3 is 2.29 bits per heavy atom. The standard InChI is InChI=1S/C13H25NO2S/c1-9(2)13(4,5)12-8-11(17(14,15)16)7-6-10(12)3/h10-12H,1,6-8H2,2-5H3,(H2,14,15,16). The number of allylic oxidation sites excluding steroid dienone is 1. The number of nitrogens with two attached hydrogens (primary N) is 1. The molecule has 100 valence electrons. The van der Waals surface area contributed by atoms with Gasteiger partial charge >= 0.3 is 0 Å². The smallest absolute Gasteiger partial charge is 0.211 e. The van der Waals surface area contributed by atoms with E-state index < -0.39 is 10.0 Å². The Kier molecular flexibility index (Phi) is 4.09. The van der Waals surface area contributed by atoms with Gasteiger partial charge in [0.15, 0.2) is 0 Å². The summed E-state index contributed by atoms with van der Waals surface area (Å²) in [5, 5.41) is 4.91. The molecule has 0 saturated heterocycles. The molecule has 0 aliphatic heterocycles. The molecule has 0 amide bonds. The molecule has 0 aromatic heterocycles. The molecule has 3 unspecified atom stereocenters. The Balaban J connectivity index is 2.95. The first-order chi connectivity index (χ1) is 7.56. The highest BCUT2D eigenvalue weighted by Gasteiger charge is 2.41. The summed E-state index contributed by atoms with van der Waals surface area (Å²) in [6.45, 7) is 12.6. The Labute approximate surface area is 106 Å². The number of hydrogen-bond donors (Lipinski definition) is 1. The highest BCUT2D eigenvalue weighted by atomic mass is 32.2. The molecule has 17 heavy (non-hydrogen) atoms. The molecule has 3 nitrogen and oxygen atoms in total. The fourth-order valence-electron chi connectivity index (χ4n) is 2.90. The van der Waals surface area contributed by atoms with E-state index >= 15 is 0 Å². The van der Waals surface area contributed by atoms with Crippen LogP contribution >= 0.6 is 0 Å². The lowest BCUT2D eigenvalue weighted by Crippen LogP contribution is -2.41. The molecular formula is C13H25NO2S. The van der Waals surface area contributed by atoms with Gasteiger partial charge in [-0.2, -0.15) is 0 Å². The summed E-state index contributed by atoms with van der Waals surface area (Å²) in [5.74, 6) is 0.872. The van der Waals surface area contributed by atoms with Gasteiger partial charge < -0.3 is 0 Å². The minimum atomic E-state index is -3.40. The molecule has 2 N–H and O–H groups in total. The van der Waals surface area contributed by atoms with Gasteiger partial charge in [0.1, 0.15) is 0 Å². The van der Waals surface area contributed by atoms with E-state index in [2.05, 4.69) is 27.4 Å². The molecule has 0 heterocycles. The zero-order chi connectivity index (χ0) is 13.4. The van der Waals surface area contributed by atoms with Crippen LogP contribution < -0.4 is 5.14 Å². The molecule has 1 rings (SSSR count). The van der Waals surface area contributed by atoms with Crippen molar-refractivity contribution in [3.05, 3.63) is 12.2 Å². The number of sulfonamides is 1. The Hall–Kier alpha value is -0.350. The van der Waals surface area contributed by atoms with Crippen LogP contribution in [0.2, 0.25) is 0 Å². The average molecular weight is 259 g/mol. The van der Waals surface area contributed by atoms with Gasteiger partial charge in [-0.15, -0.1) is 0 Å². The Bertz CT molecular complexity index is 398. The van der Waals surface area contributed by atoms with Gasteiger partial charge in [-0.3, -0.25) is 0 Å². The van der Waals surface area contributed by atoms with Gasteiger partial charge in [0.05, 0.1) is 5.25 Å². The van der Waals surface area contributed by atoms with Crippen molar-refractivity contribution in [2.75, 3.05) is 0 Å². The molecule has 1 aliphatic carbocycles. The normalized spacial score (nSPS) is 31.2. The van der Waals surface area contributed by atoms with Gasteiger partial charge in [0, 0.05) is 0 Å². The quantitative estimate of drug-likeness (QED) is 0.792. The predicted molar refractivity (Wildman–Crippen MR) is 72.0 cm³/mol. The van der Waals surface area contributed by atoms with Crippen molar-refractivity contribution < 1.29 is 8.42 Å². The molecule has 0 spiro atoms. The van der Waals surface area contributed by atoms with E-state index in [1.807, 2.05) is 6.92 Å². The summed E-state index contributed by atoms with van der Waals surface area (Å²) in [4.78, 5) is 0. The summed E-state index contributed by atoms with van der Waals surface area (Å²) in [6, 6.07) is 0. The molecule has 1 fully saturated rings. The van der Waals surface area contributed by atoms with E-state index in [0.717, 1.165) is 12.0 Å². The van der Waals surface area contributed by atoms with Crippen LogP contribution in [0.1, 0.15) is 47.0 Å². The van der Waals surface area contributed by atoms with Crippen molar-refractivity contribution in [3.8, 4) is 0 Å². The average Bonchev–Trinajstić information content (AvgIpc) is 2.15. The van der Waals surface area contributed by atoms with E-state index in [4.69, 9.17) is 5.14 Å². The third-order valence-corrected chi connectivity index (χ3v) is 6.00. The van der Waals surface area contributed by atoms with Gasteiger partial charge in [0.25, 0.3) is 0 Å². The van der Waals surface area contributed by atoms with Gasteiger partial charge in [-0.25, -0.2) is 13.6 Å². The zero-order valence-corrected chi connectivity index (χ0v) is 12.2. The molecule has 0 radical (unpaired) electrons. The van der Waals surface area contributed by atoms with Gasteiger partial charge in [-0.05, 0) is 43.4 Å². The summed E-state index contributed by atoms with van der Waals surface area (Å²) >= 11 is 0. The molecule has 0 aromatic carbocycles. The first-order valence-corrected chi connectivity index (χ1v) is 7.85. The largest absolute Gasteiger partial charge is 0.228 e. The summed E-state index contributed by atoms with van der Waals surface area (Å²) in [7, 11) is -3.40. The molecular weight excluding hydrogens is 234 g/mol. The van der Waals surface area contributed by atoms with Crippen LogP contribution in [0.25, 0.3) is 0 Å². The van der Waals surface area contributed by atoms with E-state index in [1.54, 1.807) is 0 Å². The van der Waals surface area contributed by atoms with Crippen LogP contribution in [0.15, 0.2) is 12.2 Å². The SMILES string of the molecule is C=C(C)C(C)(C)C1CC(S(N)(=O)=O)CCC1C. The zero-order valence-electron chi connectivity index (χ0n) is 11.4. The van der Waals surface area contributed by atoms with Crippen molar-refractivity contribution >= 4 is 10.0 Å². The van der Waals surface area contributed by atoms with E-state index in [-0.39, 0.29) is 10.7 Å². The minimum Gasteiger partial charge on any atom is -0.228 e. The highest BCUT2D eigenvalue weighted by Crippen LogP contribution is 2.46. The monoisotopic (exact) mass is 259 g/mol. The first kappa shape index (κ1) is 14.7. The summed E-state index contributed by atoms with van der Waals surface area (Å²) in [5.41, 5.74) is 1.09. The topological polar surface area (TPSA) is 60.2 Å². The lowest BCUT2D eigenvalue weighted by molar-refractivity contribution is 0.135. The van der Waals surface area contributed by atoms with Crippen LogP contribution in [0.4, 0.5) is 0 Å². The minimum absolute atomic E-state index is 0.0250.